The summed E-state index contributed by atoms with van der Waals surface area (Å²) < 4.78 is 14.0. The molecule has 0 unspecified atom stereocenters. The Balaban J connectivity index is 1.74. The number of rotatable bonds is 5. The Hall–Kier alpha value is -3.54. The van der Waals surface area contributed by atoms with E-state index in [1.54, 1.807) is 41.8 Å². The quantitative estimate of drug-likeness (QED) is 0.535. The third kappa shape index (κ3) is 3.24. The molecule has 28 heavy (non-hydrogen) atoms. The molecule has 0 aliphatic rings. The first-order valence-corrected chi connectivity index (χ1v) is 8.96. The lowest BCUT2D eigenvalue weighted by molar-refractivity contribution is 0.355. The Morgan fingerprint density at radius 3 is 2.54 bits per heavy atom. The predicted octanol–water partition coefficient (Wildman–Crippen LogP) is 3.54. The number of methoxy groups -OCH3 is 2. The van der Waals surface area contributed by atoms with Crippen molar-refractivity contribution in [2.75, 3.05) is 14.2 Å². The van der Waals surface area contributed by atoms with Crippen LogP contribution in [-0.4, -0.2) is 28.4 Å². The van der Waals surface area contributed by atoms with Crippen molar-refractivity contribution in [2.45, 2.75) is 13.5 Å². The number of benzene rings is 2. The van der Waals surface area contributed by atoms with Crippen LogP contribution in [-0.2, 0) is 6.54 Å². The van der Waals surface area contributed by atoms with E-state index in [0.717, 1.165) is 11.1 Å². The predicted molar refractivity (Wildman–Crippen MR) is 108 cm³/mol. The molecule has 4 aromatic rings. The lowest BCUT2D eigenvalue weighted by atomic mass is 10.1. The van der Waals surface area contributed by atoms with Crippen LogP contribution in [0.2, 0.25) is 0 Å². The molecule has 2 aromatic carbocycles. The summed E-state index contributed by atoms with van der Waals surface area (Å²) >= 11 is 0. The highest BCUT2D eigenvalue weighted by molar-refractivity contribution is 5.68. The van der Waals surface area contributed by atoms with Gasteiger partial charge in [-0.05, 0) is 36.8 Å². The van der Waals surface area contributed by atoms with Crippen molar-refractivity contribution in [1.29, 1.82) is 0 Å². The molecule has 4 rings (SSSR count). The van der Waals surface area contributed by atoms with Gasteiger partial charge in [-0.2, -0.15) is 5.10 Å². The number of nitrogens with zero attached hydrogens (tertiary/aromatic N) is 3. The third-order valence-corrected chi connectivity index (χ3v) is 4.72. The summed E-state index contributed by atoms with van der Waals surface area (Å²) in [4.78, 5) is 12.9. The maximum absolute atomic E-state index is 12.9. The Morgan fingerprint density at radius 1 is 0.964 bits per heavy atom. The highest BCUT2D eigenvalue weighted by Crippen LogP contribution is 2.31. The average Bonchev–Trinajstić information content (AvgIpc) is 3.15. The van der Waals surface area contributed by atoms with Gasteiger partial charge in [0, 0.05) is 18.0 Å². The molecule has 6 heteroatoms. The van der Waals surface area contributed by atoms with Crippen molar-refractivity contribution < 1.29 is 9.47 Å². The molecule has 0 aliphatic heterocycles. The Bertz CT molecular complexity index is 1210. The van der Waals surface area contributed by atoms with E-state index in [0.29, 0.717) is 29.3 Å². The molecule has 0 atom stereocenters. The minimum Gasteiger partial charge on any atom is -0.493 e. The largest absolute Gasteiger partial charge is 0.493 e. The number of hydrogen-bond donors (Lipinski definition) is 0. The monoisotopic (exact) mass is 375 g/mol. The van der Waals surface area contributed by atoms with Crippen LogP contribution in [0.15, 0.2) is 65.7 Å². The van der Waals surface area contributed by atoms with E-state index in [2.05, 4.69) is 11.2 Å². The number of aromatic nitrogens is 3. The van der Waals surface area contributed by atoms with Crippen LogP contribution in [0.4, 0.5) is 0 Å². The van der Waals surface area contributed by atoms with Crippen LogP contribution in [0.3, 0.4) is 0 Å². The van der Waals surface area contributed by atoms with Gasteiger partial charge in [-0.15, -0.1) is 0 Å². The normalized spacial score (nSPS) is 11.0. The molecule has 2 aromatic heterocycles. The molecule has 0 N–H and O–H groups in total. The molecule has 2 heterocycles. The summed E-state index contributed by atoms with van der Waals surface area (Å²) in [5.41, 5.74) is 4.26. The van der Waals surface area contributed by atoms with Crippen molar-refractivity contribution in [3.8, 4) is 22.8 Å². The first kappa shape index (κ1) is 17.9. The maximum Gasteiger partial charge on any atom is 0.276 e. The second-order valence-electron chi connectivity index (χ2n) is 6.65. The molecule has 0 radical (unpaired) electrons. The Kier molecular flexibility index (Phi) is 4.61. The molecule has 0 fully saturated rings. The second-order valence-corrected chi connectivity index (χ2v) is 6.65. The first-order valence-electron chi connectivity index (χ1n) is 8.96. The lowest BCUT2D eigenvalue weighted by Crippen LogP contribution is -2.21. The van der Waals surface area contributed by atoms with Crippen LogP contribution in [0.5, 0.6) is 11.5 Å². The van der Waals surface area contributed by atoms with Crippen LogP contribution in [0.1, 0.15) is 11.1 Å². The van der Waals surface area contributed by atoms with Crippen molar-refractivity contribution in [3.05, 3.63) is 82.4 Å². The molecule has 0 aliphatic carbocycles. The van der Waals surface area contributed by atoms with Gasteiger partial charge in [-0.3, -0.25) is 4.79 Å². The highest BCUT2D eigenvalue weighted by Gasteiger charge is 2.12. The number of ether oxygens (including phenoxy) is 2. The molecule has 0 saturated heterocycles. The summed E-state index contributed by atoms with van der Waals surface area (Å²) in [6, 6.07) is 15.5. The van der Waals surface area contributed by atoms with Crippen LogP contribution >= 0.6 is 0 Å². The molecule has 6 nitrogen and oxygen atoms in total. The van der Waals surface area contributed by atoms with E-state index in [4.69, 9.17) is 9.47 Å². The molecule has 0 saturated carbocycles. The summed E-state index contributed by atoms with van der Waals surface area (Å²) in [7, 11) is 3.19. The zero-order valence-corrected chi connectivity index (χ0v) is 16.0. The topological polar surface area (TPSA) is 57.8 Å². The molecular formula is C22H21N3O3. The summed E-state index contributed by atoms with van der Waals surface area (Å²) in [5, 5.41) is 4.54. The van der Waals surface area contributed by atoms with Gasteiger partial charge < -0.3 is 14.0 Å². The second kappa shape index (κ2) is 7.23. The van der Waals surface area contributed by atoms with Crippen molar-refractivity contribution in [1.82, 2.24) is 14.2 Å². The minimum absolute atomic E-state index is 0.0803. The minimum atomic E-state index is -0.0803. The van der Waals surface area contributed by atoms with Gasteiger partial charge >= 0.3 is 0 Å². The smallest absolute Gasteiger partial charge is 0.276 e. The number of fused-ring (bicyclic) bond motifs is 1. The van der Waals surface area contributed by atoms with Crippen molar-refractivity contribution >= 4 is 5.52 Å². The fourth-order valence-electron chi connectivity index (χ4n) is 3.29. The van der Waals surface area contributed by atoms with Crippen LogP contribution in [0, 0.1) is 6.92 Å². The summed E-state index contributed by atoms with van der Waals surface area (Å²) in [5.74, 6) is 1.27. The maximum atomic E-state index is 12.9. The molecule has 142 valence electrons. The van der Waals surface area contributed by atoms with E-state index >= 15 is 0 Å². The molecule has 0 bridgehead atoms. The third-order valence-electron chi connectivity index (χ3n) is 4.72. The number of hydrogen-bond acceptors (Lipinski definition) is 4. The van der Waals surface area contributed by atoms with Crippen molar-refractivity contribution in [2.24, 2.45) is 0 Å². The molecular weight excluding hydrogens is 354 g/mol. The summed E-state index contributed by atoms with van der Waals surface area (Å²) in [6.45, 7) is 2.57. The van der Waals surface area contributed by atoms with Gasteiger partial charge in [-0.1, -0.05) is 29.8 Å². The Morgan fingerprint density at radius 2 is 1.79 bits per heavy atom. The van der Waals surface area contributed by atoms with E-state index in [1.165, 1.54) is 5.56 Å². The van der Waals surface area contributed by atoms with E-state index < -0.39 is 0 Å². The fourth-order valence-corrected chi connectivity index (χ4v) is 3.29. The zero-order valence-electron chi connectivity index (χ0n) is 16.0. The van der Waals surface area contributed by atoms with Gasteiger partial charge in [-0.25, -0.2) is 4.52 Å². The standard InChI is InChI=1S/C22H21N3O3/c1-15-5-4-6-16(11-15)14-24-9-10-25-19(22(24)26)13-18(23-25)17-7-8-20(27-2)21(12-17)28-3/h4-13H,14H2,1-3H3. The summed E-state index contributed by atoms with van der Waals surface area (Å²) in [6.07, 6.45) is 3.57. The van der Waals surface area contributed by atoms with Gasteiger partial charge in [0.2, 0.25) is 0 Å². The molecule has 0 amide bonds. The SMILES string of the molecule is COc1ccc(-c2cc3c(=O)n(Cc4cccc(C)c4)ccn3n2)cc1OC. The van der Waals surface area contributed by atoms with Crippen LogP contribution < -0.4 is 15.0 Å². The average molecular weight is 375 g/mol. The lowest BCUT2D eigenvalue weighted by Gasteiger charge is -2.08. The van der Waals surface area contributed by atoms with Crippen LogP contribution in [0.25, 0.3) is 16.8 Å². The van der Waals surface area contributed by atoms with Gasteiger partial charge in [0.15, 0.2) is 11.5 Å². The fraction of sp³-hybridized carbons (Fsp3) is 0.182. The van der Waals surface area contributed by atoms with Crippen molar-refractivity contribution in [3.63, 3.8) is 0 Å². The molecule has 0 spiro atoms. The van der Waals surface area contributed by atoms with Gasteiger partial charge in [0.1, 0.15) is 5.52 Å². The number of aryl methyl sites for hydroxylation is 1. The van der Waals surface area contributed by atoms with E-state index in [-0.39, 0.29) is 5.56 Å². The van der Waals surface area contributed by atoms with Gasteiger partial charge in [0.05, 0.1) is 26.5 Å². The highest BCUT2D eigenvalue weighted by atomic mass is 16.5. The zero-order chi connectivity index (χ0) is 19.7. The van der Waals surface area contributed by atoms with Gasteiger partial charge in [0.25, 0.3) is 5.56 Å². The first-order chi connectivity index (χ1) is 13.6. The Labute approximate surface area is 162 Å². The van der Waals surface area contributed by atoms with E-state index in [1.807, 2.05) is 43.3 Å². The van der Waals surface area contributed by atoms with E-state index in [9.17, 15) is 4.79 Å².